The highest BCUT2D eigenvalue weighted by molar-refractivity contribution is 8.27. The summed E-state index contributed by atoms with van der Waals surface area (Å²) in [7, 11) is 0. The maximum Gasteiger partial charge on any atom is 0.270 e. The van der Waals surface area contributed by atoms with Crippen LogP contribution >= 0.6 is 35.6 Å². The van der Waals surface area contributed by atoms with Crippen LogP contribution in [0.2, 0.25) is 5.02 Å². The van der Waals surface area contributed by atoms with Crippen LogP contribution in [-0.4, -0.2) is 10.2 Å². The summed E-state index contributed by atoms with van der Waals surface area (Å²) in [6.07, 6.45) is 3.79. The van der Waals surface area contributed by atoms with Gasteiger partial charge in [0.25, 0.3) is 5.91 Å². The zero-order valence-electron chi connectivity index (χ0n) is 13.2. The van der Waals surface area contributed by atoms with Gasteiger partial charge in [-0.2, -0.15) is 0 Å². The van der Waals surface area contributed by atoms with Crippen LogP contribution in [0.5, 0.6) is 0 Å². The number of nitrogens with zero attached hydrogens (tertiary/aromatic N) is 1. The zero-order chi connectivity index (χ0) is 18.0. The summed E-state index contributed by atoms with van der Waals surface area (Å²) < 4.78 is 13.7. The van der Waals surface area contributed by atoms with Gasteiger partial charge in [0, 0.05) is 0 Å². The fourth-order valence-corrected chi connectivity index (χ4v) is 3.90. The number of thioether (sulfide) groups is 1. The number of amides is 1. The molecule has 0 aromatic heterocycles. The van der Waals surface area contributed by atoms with Crippen molar-refractivity contribution >= 4 is 57.6 Å². The smallest absolute Gasteiger partial charge is 0.268 e. The molecule has 1 aliphatic heterocycles. The van der Waals surface area contributed by atoms with Gasteiger partial charge >= 0.3 is 0 Å². The van der Waals surface area contributed by atoms with E-state index >= 15 is 0 Å². The summed E-state index contributed by atoms with van der Waals surface area (Å²) in [5, 5.41) is -0.0457. The van der Waals surface area contributed by atoms with Gasteiger partial charge in [0.1, 0.15) is 5.82 Å². The topological polar surface area (TPSA) is 20.3 Å². The van der Waals surface area contributed by atoms with Gasteiger partial charge in [-0.05, 0) is 42.3 Å². The van der Waals surface area contributed by atoms with Gasteiger partial charge in [0.05, 0.1) is 15.6 Å². The van der Waals surface area contributed by atoms with E-state index in [2.05, 4.69) is 0 Å². The molecule has 0 spiro atoms. The van der Waals surface area contributed by atoms with E-state index in [1.807, 2.05) is 43.3 Å². The molecule has 0 N–H and O–H groups in total. The molecule has 2 aromatic rings. The second-order valence-electron chi connectivity index (χ2n) is 5.41. The van der Waals surface area contributed by atoms with Gasteiger partial charge in [0.15, 0.2) is 4.32 Å². The van der Waals surface area contributed by atoms with Crippen molar-refractivity contribution in [2.24, 2.45) is 0 Å². The van der Waals surface area contributed by atoms with Crippen LogP contribution < -0.4 is 4.90 Å². The average molecular weight is 390 g/mol. The van der Waals surface area contributed by atoms with Crippen molar-refractivity contribution in [1.82, 2.24) is 0 Å². The fraction of sp³-hybridized carbons (Fsp3) is 0.0526. The second-order valence-corrected chi connectivity index (χ2v) is 7.50. The van der Waals surface area contributed by atoms with Crippen molar-refractivity contribution in [1.29, 1.82) is 0 Å². The molecule has 0 radical (unpaired) electrons. The molecule has 2 aromatic carbocycles. The quantitative estimate of drug-likeness (QED) is 0.486. The predicted octanol–water partition coefficient (Wildman–Crippen LogP) is 5.83. The number of carbonyl (C=O) groups is 1. The van der Waals surface area contributed by atoms with E-state index in [4.69, 9.17) is 23.8 Å². The van der Waals surface area contributed by atoms with Crippen molar-refractivity contribution in [2.45, 2.75) is 6.92 Å². The average Bonchev–Trinajstić information content (AvgIpc) is 2.85. The minimum absolute atomic E-state index is 0.0457. The molecule has 1 heterocycles. The van der Waals surface area contributed by atoms with Crippen LogP contribution in [0.3, 0.4) is 0 Å². The fourth-order valence-electron chi connectivity index (χ4n) is 2.38. The monoisotopic (exact) mass is 389 g/mol. The first kappa shape index (κ1) is 17.9. The van der Waals surface area contributed by atoms with Crippen LogP contribution in [-0.2, 0) is 4.79 Å². The van der Waals surface area contributed by atoms with E-state index in [9.17, 15) is 9.18 Å². The van der Waals surface area contributed by atoms with Gasteiger partial charge in [0.2, 0.25) is 0 Å². The molecule has 0 saturated carbocycles. The Morgan fingerprint density at radius 3 is 2.64 bits per heavy atom. The van der Waals surface area contributed by atoms with E-state index in [0.717, 1.165) is 11.1 Å². The number of hydrogen-bond acceptors (Lipinski definition) is 3. The Bertz CT molecular complexity index is 909. The normalized spacial score (nSPS) is 16.8. The SMILES string of the molecule is CC(=C/c1ccccc1)/C=C1/SC(=S)N(c2ccc(F)c(Cl)c2)C1=O. The van der Waals surface area contributed by atoms with Crippen molar-refractivity contribution in [3.63, 3.8) is 0 Å². The molecule has 1 aliphatic rings. The Labute approximate surface area is 160 Å². The number of halogens is 2. The summed E-state index contributed by atoms with van der Waals surface area (Å²) >= 11 is 12.3. The van der Waals surface area contributed by atoms with Gasteiger partial charge in [-0.25, -0.2) is 4.39 Å². The lowest BCUT2D eigenvalue weighted by molar-refractivity contribution is -0.113. The highest BCUT2D eigenvalue weighted by atomic mass is 35.5. The molecule has 1 saturated heterocycles. The maximum atomic E-state index is 13.3. The molecule has 0 atom stereocenters. The summed E-state index contributed by atoms with van der Waals surface area (Å²) in [5.41, 5.74) is 2.45. The Morgan fingerprint density at radius 1 is 1.24 bits per heavy atom. The largest absolute Gasteiger partial charge is 0.270 e. The number of thiocarbonyl (C=S) groups is 1. The molecule has 1 fully saturated rings. The minimum atomic E-state index is -0.534. The molecular formula is C19H13ClFNOS2. The maximum absolute atomic E-state index is 13.3. The van der Waals surface area contributed by atoms with Crippen molar-refractivity contribution < 1.29 is 9.18 Å². The predicted molar refractivity (Wildman–Crippen MR) is 107 cm³/mol. The molecule has 25 heavy (non-hydrogen) atoms. The molecule has 0 aliphatic carbocycles. The van der Waals surface area contributed by atoms with E-state index in [1.165, 1.54) is 34.9 Å². The Hall–Kier alpha value is -1.95. The van der Waals surface area contributed by atoms with Crippen molar-refractivity contribution in [3.8, 4) is 0 Å². The Morgan fingerprint density at radius 2 is 1.96 bits per heavy atom. The summed E-state index contributed by atoms with van der Waals surface area (Å²) in [5.74, 6) is -0.772. The lowest BCUT2D eigenvalue weighted by atomic mass is 10.1. The first-order valence-corrected chi connectivity index (χ1v) is 9.02. The number of benzene rings is 2. The van der Waals surface area contributed by atoms with Crippen molar-refractivity contribution in [3.05, 3.63) is 81.5 Å². The molecule has 6 heteroatoms. The van der Waals surface area contributed by atoms with Gasteiger partial charge in [-0.15, -0.1) is 0 Å². The van der Waals surface area contributed by atoms with Crippen LogP contribution in [0.4, 0.5) is 10.1 Å². The standard InChI is InChI=1S/C19H13ClFNOS2/c1-12(9-13-5-3-2-4-6-13)10-17-18(23)22(19(24)25-17)14-7-8-16(21)15(20)11-14/h2-11H,1H3/b12-9-,17-10+. The lowest BCUT2D eigenvalue weighted by Crippen LogP contribution is -2.27. The molecule has 0 unspecified atom stereocenters. The first-order valence-electron chi connectivity index (χ1n) is 7.42. The summed E-state index contributed by atoms with van der Waals surface area (Å²) in [6.45, 7) is 1.92. The minimum Gasteiger partial charge on any atom is -0.268 e. The van der Waals surface area contributed by atoms with Crippen LogP contribution in [0.1, 0.15) is 12.5 Å². The van der Waals surface area contributed by atoms with Gasteiger partial charge < -0.3 is 0 Å². The Balaban J connectivity index is 1.88. The Kier molecular flexibility index (Phi) is 5.37. The number of anilines is 1. The molecule has 1 amide bonds. The summed E-state index contributed by atoms with van der Waals surface area (Å²) in [4.78, 5) is 14.6. The first-order chi connectivity index (χ1) is 12.0. The van der Waals surface area contributed by atoms with E-state index < -0.39 is 5.82 Å². The van der Waals surface area contributed by atoms with Crippen LogP contribution in [0, 0.1) is 5.82 Å². The molecule has 0 bridgehead atoms. The lowest BCUT2D eigenvalue weighted by Gasteiger charge is -2.14. The zero-order valence-corrected chi connectivity index (χ0v) is 15.6. The number of carbonyl (C=O) groups excluding carboxylic acids is 1. The number of hydrogen-bond donors (Lipinski definition) is 0. The molecular weight excluding hydrogens is 377 g/mol. The third kappa shape index (κ3) is 4.00. The number of rotatable bonds is 3. The molecule has 2 nitrogen and oxygen atoms in total. The molecule has 3 rings (SSSR count). The van der Waals surface area contributed by atoms with Crippen LogP contribution in [0.15, 0.2) is 65.1 Å². The van der Waals surface area contributed by atoms with Gasteiger partial charge in [-0.3, -0.25) is 9.69 Å². The van der Waals surface area contributed by atoms with E-state index in [-0.39, 0.29) is 10.9 Å². The third-order valence-electron chi connectivity index (χ3n) is 3.51. The highest BCUT2D eigenvalue weighted by Crippen LogP contribution is 2.36. The number of allylic oxidation sites excluding steroid dienone is 2. The third-order valence-corrected chi connectivity index (χ3v) is 5.10. The summed E-state index contributed by atoms with van der Waals surface area (Å²) in [6, 6.07) is 13.9. The van der Waals surface area contributed by atoms with Gasteiger partial charge in [-0.1, -0.05) is 72.0 Å². The highest BCUT2D eigenvalue weighted by Gasteiger charge is 2.33. The second kappa shape index (κ2) is 7.52. The van der Waals surface area contributed by atoms with Crippen molar-refractivity contribution in [2.75, 3.05) is 4.90 Å². The van der Waals surface area contributed by atoms with E-state index in [0.29, 0.717) is 14.9 Å². The molecule has 126 valence electrons. The van der Waals surface area contributed by atoms with E-state index in [1.54, 1.807) is 6.08 Å². The van der Waals surface area contributed by atoms with Crippen LogP contribution in [0.25, 0.3) is 6.08 Å².